The Morgan fingerprint density at radius 1 is 0.968 bits per heavy atom. The molecule has 1 heterocycles. The van der Waals surface area contributed by atoms with E-state index in [1.807, 2.05) is 48.3 Å². The van der Waals surface area contributed by atoms with Crippen molar-refractivity contribution in [1.82, 2.24) is 10.2 Å². The van der Waals surface area contributed by atoms with Gasteiger partial charge in [0.2, 0.25) is 5.91 Å². The minimum Gasteiger partial charge on any atom is -0.461 e. The molecule has 1 amide bonds. The van der Waals surface area contributed by atoms with Crippen LogP contribution in [0.5, 0.6) is 0 Å². The van der Waals surface area contributed by atoms with Crippen molar-refractivity contribution in [2.24, 2.45) is 11.8 Å². The van der Waals surface area contributed by atoms with Crippen LogP contribution in [0, 0.1) is 11.8 Å². The highest BCUT2D eigenvalue weighted by Gasteiger charge is 2.42. The predicted octanol–water partition coefficient (Wildman–Crippen LogP) is 3.75. The fourth-order valence-electron chi connectivity index (χ4n) is 5.02. The number of benzene rings is 2. The molecule has 164 valence electrons. The van der Waals surface area contributed by atoms with E-state index < -0.39 is 5.92 Å². The van der Waals surface area contributed by atoms with Gasteiger partial charge in [-0.2, -0.15) is 0 Å². The zero-order valence-corrected chi connectivity index (χ0v) is 18.2. The molecule has 5 heteroatoms. The number of carbonyl (C=O) groups excluding carboxylic acids is 2. The van der Waals surface area contributed by atoms with Crippen LogP contribution in [0.2, 0.25) is 0 Å². The molecule has 4 unspecified atom stereocenters. The molecule has 2 aromatic rings. The topological polar surface area (TPSA) is 58.6 Å². The van der Waals surface area contributed by atoms with E-state index in [4.69, 9.17) is 4.74 Å². The molecular weight excluding hydrogens is 388 g/mol. The Hall–Kier alpha value is -2.66. The summed E-state index contributed by atoms with van der Waals surface area (Å²) in [6, 6.07) is 20.4. The lowest BCUT2D eigenvalue weighted by Gasteiger charge is -2.35. The summed E-state index contributed by atoms with van der Waals surface area (Å²) in [4.78, 5) is 28.5. The standard InChI is InChI=1S/C26H32N2O3/c1-27-22-12-13-23(24(16-22)26(30)31-18-19-8-4-2-5-9-19)25(29)28-15-14-21(17-28)20-10-6-3-7-11-20/h2-11,21-24,27H,12-18H2,1H3. The van der Waals surface area contributed by atoms with Crippen molar-refractivity contribution in [3.63, 3.8) is 0 Å². The van der Waals surface area contributed by atoms with Crippen molar-refractivity contribution in [3.05, 3.63) is 71.8 Å². The van der Waals surface area contributed by atoms with Gasteiger partial charge in [0, 0.05) is 25.0 Å². The SMILES string of the molecule is CNC1CCC(C(=O)N2CCC(c3ccccc3)C2)C(C(=O)OCc2ccccc2)C1. The monoisotopic (exact) mass is 420 g/mol. The quantitative estimate of drug-likeness (QED) is 0.723. The summed E-state index contributed by atoms with van der Waals surface area (Å²) < 4.78 is 5.66. The molecule has 2 aromatic carbocycles. The van der Waals surface area contributed by atoms with Crippen LogP contribution in [0.3, 0.4) is 0 Å². The van der Waals surface area contributed by atoms with E-state index >= 15 is 0 Å². The third-order valence-electron chi connectivity index (χ3n) is 6.87. The molecule has 4 atom stereocenters. The van der Waals surface area contributed by atoms with Crippen LogP contribution in [0.25, 0.3) is 0 Å². The average Bonchev–Trinajstić information content (AvgIpc) is 3.33. The average molecular weight is 421 g/mol. The third kappa shape index (κ3) is 5.16. The Bertz CT molecular complexity index is 871. The van der Waals surface area contributed by atoms with E-state index in [0.717, 1.165) is 37.9 Å². The number of likely N-dealkylation sites (tertiary alicyclic amines) is 1. The molecule has 2 fully saturated rings. The Labute approximate surface area is 184 Å². The van der Waals surface area contributed by atoms with E-state index in [0.29, 0.717) is 12.3 Å². The number of amides is 1. The van der Waals surface area contributed by atoms with Crippen LogP contribution >= 0.6 is 0 Å². The number of nitrogens with zero attached hydrogens (tertiary/aromatic N) is 1. The molecule has 0 aromatic heterocycles. The maximum Gasteiger partial charge on any atom is 0.310 e. The van der Waals surface area contributed by atoms with Gasteiger partial charge < -0.3 is 15.0 Å². The predicted molar refractivity (Wildman–Crippen MR) is 120 cm³/mol. The van der Waals surface area contributed by atoms with Gasteiger partial charge in [0.05, 0.1) is 11.8 Å². The minimum atomic E-state index is -0.391. The Morgan fingerprint density at radius 3 is 2.39 bits per heavy atom. The third-order valence-corrected chi connectivity index (χ3v) is 6.87. The molecule has 5 nitrogen and oxygen atoms in total. The fourth-order valence-corrected chi connectivity index (χ4v) is 5.02. The van der Waals surface area contributed by atoms with Gasteiger partial charge in [0.15, 0.2) is 0 Å². The molecule has 1 aliphatic carbocycles. The zero-order chi connectivity index (χ0) is 21.6. The van der Waals surface area contributed by atoms with Crippen molar-refractivity contribution < 1.29 is 14.3 Å². The van der Waals surface area contributed by atoms with Gasteiger partial charge in [-0.3, -0.25) is 9.59 Å². The summed E-state index contributed by atoms with van der Waals surface area (Å²) >= 11 is 0. The summed E-state index contributed by atoms with van der Waals surface area (Å²) in [6.07, 6.45) is 3.26. The first-order valence-corrected chi connectivity index (χ1v) is 11.4. The van der Waals surface area contributed by atoms with Crippen molar-refractivity contribution in [3.8, 4) is 0 Å². The maximum absolute atomic E-state index is 13.5. The molecular formula is C26H32N2O3. The van der Waals surface area contributed by atoms with Crippen molar-refractivity contribution in [2.45, 2.75) is 44.2 Å². The van der Waals surface area contributed by atoms with E-state index in [-0.39, 0.29) is 30.4 Å². The molecule has 1 aliphatic heterocycles. The van der Waals surface area contributed by atoms with E-state index in [2.05, 4.69) is 29.6 Å². The lowest BCUT2D eigenvalue weighted by atomic mass is 9.76. The van der Waals surface area contributed by atoms with Crippen molar-refractivity contribution >= 4 is 11.9 Å². The Morgan fingerprint density at radius 2 is 1.68 bits per heavy atom. The molecule has 1 saturated heterocycles. The first-order chi connectivity index (χ1) is 15.2. The van der Waals surface area contributed by atoms with Crippen LogP contribution in [-0.4, -0.2) is 43.0 Å². The van der Waals surface area contributed by atoms with Gasteiger partial charge in [0.25, 0.3) is 0 Å². The van der Waals surface area contributed by atoms with Crippen LogP contribution in [0.4, 0.5) is 0 Å². The van der Waals surface area contributed by atoms with E-state index in [9.17, 15) is 9.59 Å². The molecule has 1 saturated carbocycles. The smallest absolute Gasteiger partial charge is 0.310 e. The van der Waals surface area contributed by atoms with Crippen molar-refractivity contribution in [1.29, 1.82) is 0 Å². The molecule has 2 aliphatic rings. The van der Waals surface area contributed by atoms with Crippen LogP contribution in [-0.2, 0) is 20.9 Å². The second kappa shape index (κ2) is 10.1. The first-order valence-electron chi connectivity index (χ1n) is 11.4. The molecule has 4 rings (SSSR count). The summed E-state index contributed by atoms with van der Waals surface area (Å²) in [5.74, 6) is -0.432. The van der Waals surface area contributed by atoms with Gasteiger partial charge in [-0.15, -0.1) is 0 Å². The second-order valence-corrected chi connectivity index (χ2v) is 8.79. The number of carbonyl (C=O) groups is 2. The summed E-state index contributed by atoms with van der Waals surface area (Å²) in [5.41, 5.74) is 2.25. The minimum absolute atomic E-state index is 0.120. The highest BCUT2D eigenvalue weighted by atomic mass is 16.5. The lowest BCUT2D eigenvalue weighted by molar-refractivity contribution is -0.158. The highest BCUT2D eigenvalue weighted by molar-refractivity contribution is 5.86. The van der Waals surface area contributed by atoms with Gasteiger partial charge >= 0.3 is 5.97 Å². The van der Waals surface area contributed by atoms with Crippen molar-refractivity contribution in [2.75, 3.05) is 20.1 Å². The molecule has 0 spiro atoms. The normalized spacial score (nSPS) is 25.9. The number of ether oxygens (including phenoxy) is 1. The molecule has 0 radical (unpaired) electrons. The number of hydrogen-bond acceptors (Lipinski definition) is 4. The molecule has 1 N–H and O–H groups in total. The van der Waals surface area contributed by atoms with E-state index in [1.165, 1.54) is 5.56 Å². The Balaban J connectivity index is 1.42. The van der Waals surface area contributed by atoms with Gasteiger partial charge in [0.1, 0.15) is 6.61 Å². The number of rotatable bonds is 6. The Kier molecular flexibility index (Phi) is 7.03. The highest BCUT2D eigenvalue weighted by Crippen LogP contribution is 2.35. The van der Waals surface area contributed by atoms with Crippen LogP contribution in [0.1, 0.15) is 42.7 Å². The summed E-state index contributed by atoms with van der Waals surface area (Å²) in [5, 5.41) is 3.29. The number of esters is 1. The number of hydrogen-bond donors (Lipinski definition) is 1. The second-order valence-electron chi connectivity index (χ2n) is 8.79. The maximum atomic E-state index is 13.5. The first kappa shape index (κ1) is 21.6. The van der Waals surface area contributed by atoms with E-state index in [1.54, 1.807) is 0 Å². The van der Waals surface area contributed by atoms with Gasteiger partial charge in [-0.05, 0) is 43.9 Å². The van der Waals surface area contributed by atoms with Crippen LogP contribution < -0.4 is 5.32 Å². The number of nitrogens with one attached hydrogen (secondary N) is 1. The zero-order valence-electron chi connectivity index (χ0n) is 18.2. The fraction of sp³-hybridized carbons (Fsp3) is 0.462. The van der Waals surface area contributed by atoms with Gasteiger partial charge in [-0.25, -0.2) is 0 Å². The lowest BCUT2D eigenvalue weighted by Crippen LogP contribution is -2.46. The van der Waals surface area contributed by atoms with Gasteiger partial charge in [-0.1, -0.05) is 60.7 Å². The van der Waals surface area contributed by atoms with Crippen LogP contribution in [0.15, 0.2) is 60.7 Å². The summed E-state index contributed by atoms with van der Waals surface area (Å²) in [7, 11) is 1.92. The summed E-state index contributed by atoms with van der Waals surface area (Å²) in [6.45, 7) is 1.75. The molecule has 31 heavy (non-hydrogen) atoms. The largest absolute Gasteiger partial charge is 0.461 e. The molecule has 0 bridgehead atoms.